The molecule has 0 amide bonds. The second kappa shape index (κ2) is 11.3. The van der Waals surface area contributed by atoms with Gasteiger partial charge in [0.05, 0.1) is 27.8 Å². The van der Waals surface area contributed by atoms with Gasteiger partial charge in [-0.25, -0.2) is 4.98 Å². The van der Waals surface area contributed by atoms with E-state index in [1.807, 2.05) is 18.2 Å². The summed E-state index contributed by atoms with van der Waals surface area (Å²) in [6, 6.07) is 53.5. The van der Waals surface area contributed by atoms with Gasteiger partial charge in [-0.15, -0.1) is 0 Å². The van der Waals surface area contributed by atoms with Crippen molar-refractivity contribution in [1.82, 2.24) is 19.4 Å². The highest BCUT2D eigenvalue weighted by atomic mass is 15.3. The van der Waals surface area contributed by atoms with Gasteiger partial charge in [0.1, 0.15) is 0 Å². The van der Waals surface area contributed by atoms with Gasteiger partial charge in [-0.1, -0.05) is 140 Å². The Morgan fingerprint density at radius 1 is 0.528 bits per heavy atom. The van der Waals surface area contributed by atoms with Crippen molar-refractivity contribution in [2.75, 3.05) is 4.90 Å². The Balaban J connectivity index is 1.21. The van der Waals surface area contributed by atoms with Crippen molar-refractivity contribution >= 4 is 44.5 Å². The van der Waals surface area contributed by atoms with Gasteiger partial charge >= 0.3 is 0 Å². The molecule has 0 saturated heterocycles. The lowest BCUT2D eigenvalue weighted by atomic mass is 9.83. The minimum Gasteiger partial charge on any atom is -0.306 e. The second-order valence-corrected chi connectivity index (χ2v) is 14.3. The first kappa shape index (κ1) is 29.8. The van der Waals surface area contributed by atoms with Gasteiger partial charge in [-0.05, 0) is 71.5 Å². The average molecular weight is 680 g/mol. The van der Waals surface area contributed by atoms with Crippen LogP contribution in [-0.4, -0.2) is 24.9 Å². The van der Waals surface area contributed by atoms with Crippen LogP contribution in [0.1, 0.15) is 18.9 Å². The number of hydrogen-bond acceptors (Lipinski definition) is 4. The van der Waals surface area contributed by atoms with Crippen LogP contribution in [0.3, 0.4) is 0 Å². The lowest BCUT2D eigenvalue weighted by Gasteiger charge is -2.37. The van der Waals surface area contributed by atoms with E-state index in [9.17, 15) is 0 Å². The Labute approximate surface area is 307 Å². The monoisotopic (exact) mass is 679 g/mol. The SMILES string of the molecule is CC12CC=CC=C1c1c(c3c4ccccc4c4cccc1n43)N2c1nc(-c2ccccc2)nc(-c2cc(-c3ccccc3)cc(-c3ccccc3)c2)n1. The largest absolute Gasteiger partial charge is 0.306 e. The molecule has 250 valence electrons. The maximum Gasteiger partial charge on any atom is 0.234 e. The Morgan fingerprint density at radius 2 is 1.09 bits per heavy atom. The summed E-state index contributed by atoms with van der Waals surface area (Å²) in [5.74, 6) is 1.92. The normalized spacial score (nSPS) is 16.4. The number of nitrogens with zero attached hydrogens (tertiary/aromatic N) is 5. The molecule has 2 aliphatic rings. The Hall–Kier alpha value is -6.85. The average Bonchev–Trinajstić information content (AvgIpc) is 3.83. The summed E-state index contributed by atoms with van der Waals surface area (Å²) < 4.78 is 2.44. The Bertz CT molecular complexity index is 2870. The van der Waals surface area contributed by atoms with Crippen molar-refractivity contribution in [2.45, 2.75) is 18.9 Å². The van der Waals surface area contributed by atoms with Gasteiger partial charge in [-0.2, -0.15) is 9.97 Å². The summed E-state index contributed by atoms with van der Waals surface area (Å²) in [6.45, 7) is 2.34. The summed E-state index contributed by atoms with van der Waals surface area (Å²) in [5, 5.41) is 2.47. The number of anilines is 2. The fourth-order valence-corrected chi connectivity index (χ4v) is 8.69. The molecule has 0 bridgehead atoms. The summed E-state index contributed by atoms with van der Waals surface area (Å²) in [4.78, 5) is 18.5. The third-order valence-electron chi connectivity index (χ3n) is 11.1. The predicted molar refractivity (Wildman–Crippen MR) is 217 cm³/mol. The Kier molecular flexibility index (Phi) is 6.38. The topological polar surface area (TPSA) is 46.3 Å². The first-order chi connectivity index (χ1) is 26.2. The molecule has 53 heavy (non-hydrogen) atoms. The van der Waals surface area contributed by atoms with E-state index in [1.165, 1.54) is 38.5 Å². The first-order valence-electron chi connectivity index (χ1n) is 18.2. The number of pyridine rings is 1. The molecule has 4 aromatic heterocycles. The van der Waals surface area contributed by atoms with Crippen LogP contribution >= 0.6 is 0 Å². The molecule has 0 spiro atoms. The maximum atomic E-state index is 5.48. The fourth-order valence-electron chi connectivity index (χ4n) is 8.69. The van der Waals surface area contributed by atoms with E-state index >= 15 is 0 Å². The molecule has 0 radical (unpaired) electrons. The maximum absolute atomic E-state index is 5.48. The lowest BCUT2D eigenvalue weighted by molar-refractivity contribution is 0.596. The molecular weight excluding hydrogens is 647 g/mol. The van der Waals surface area contributed by atoms with Crippen molar-refractivity contribution in [1.29, 1.82) is 0 Å². The molecule has 1 atom stereocenters. The van der Waals surface area contributed by atoms with Gasteiger partial charge in [0.25, 0.3) is 0 Å². The van der Waals surface area contributed by atoms with Crippen LogP contribution in [-0.2, 0) is 0 Å². The van der Waals surface area contributed by atoms with E-state index in [2.05, 4.69) is 168 Å². The van der Waals surface area contributed by atoms with Gasteiger partial charge < -0.3 is 4.40 Å². The standard InChI is InChI=1S/C48H33N5/c1-48-27-14-13-24-39(48)42-41-26-15-25-40-37-22-11-12-23-38(37)43(52(40)41)44(42)53(48)47-50-45(33-20-9-4-10-21-33)49-46(51-47)36-29-34(31-16-5-2-6-17-31)28-35(30-36)32-18-7-3-8-19-32/h2-26,28-30H,27H2,1H3. The van der Waals surface area contributed by atoms with Gasteiger partial charge in [0.2, 0.25) is 5.95 Å². The van der Waals surface area contributed by atoms with Crippen molar-refractivity contribution in [3.05, 3.63) is 175 Å². The van der Waals surface area contributed by atoms with Gasteiger partial charge in [0, 0.05) is 27.5 Å². The minimum atomic E-state index is -0.411. The molecule has 5 nitrogen and oxygen atoms in total. The molecule has 1 unspecified atom stereocenters. The van der Waals surface area contributed by atoms with E-state index in [0.717, 1.165) is 45.5 Å². The molecule has 5 heterocycles. The van der Waals surface area contributed by atoms with Crippen LogP contribution in [0.4, 0.5) is 11.6 Å². The summed E-state index contributed by atoms with van der Waals surface area (Å²) in [5.41, 5.74) is 13.3. The van der Waals surface area contributed by atoms with E-state index in [1.54, 1.807) is 0 Å². The van der Waals surface area contributed by atoms with E-state index in [-0.39, 0.29) is 0 Å². The minimum absolute atomic E-state index is 0.411. The van der Waals surface area contributed by atoms with Crippen LogP contribution < -0.4 is 4.90 Å². The van der Waals surface area contributed by atoms with Crippen LogP contribution in [0.2, 0.25) is 0 Å². The zero-order valence-electron chi connectivity index (χ0n) is 29.1. The molecule has 0 N–H and O–H groups in total. The fraction of sp³-hybridized carbons (Fsp3) is 0.0625. The third-order valence-corrected chi connectivity index (χ3v) is 11.1. The number of allylic oxidation sites excluding steroid dienone is 2. The van der Waals surface area contributed by atoms with Crippen molar-refractivity contribution in [3.8, 4) is 45.0 Å². The highest BCUT2D eigenvalue weighted by Crippen LogP contribution is 2.59. The molecule has 9 aromatic rings. The summed E-state index contributed by atoms with van der Waals surface area (Å²) in [7, 11) is 0. The van der Waals surface area contributed by atoms with Crippen molar-refractivity contribution in [2.24, 2.45) is 0 Å². The first-order valence-corrected chi connectivity index (χ1v) is 18.2. The zero-order valence-corrected chi connectivity index (χ0v) is 29.1. The predicted octanol–water partition coefficient (Wildman–Crippen LogP) is 11.8. The molecule has 1 aliphatic carbocycles. The second-order valence-electron chi connectivity index (χ2n) is 14.3. The van der Waals surface area contributed by atoms with E-state index < -0.39 is 5.54 Å². The van der Waals surface area contributed by atoms with Gasteiger partial charge in [0.15, 0.2) is 11.6 Å². The van der Waals surface area contributed by atoms with E-state index in [0.29, 0.717) is 17.6 Å². The molecule has 1 aliphatic heterocycles. The van der Waals surface area contributed by atoms with Crippen LogP contribution in [0.25, 0.3) is 77.9 Å². The smallest absolute Gasteiger partial charge is 0.234 e. The lowest BCUT2D eigenvalue weighted by Crippen LogP contribution is -2.41. The molecule has 11 rings (SSSR count). The quantitative estimate of drug-likeness (QED) is 0.182. The molecule has 5 aromatic carbocycles. The van der Waals surface area contributed by atoms with Crippen molar-refractivity contribution < 1.29 is 0 Å². The zero-order chi connectivity index (χ0) is 35.1. The van der Waals surface area contributed by atoms with Crippen molar-refractivity contribution in [3.63, 3.8) is 0 Å². The van der Waals surface area contributed by atoms with Gasteiger partial charge in [-0.3, -0.25) is 4.90 Å². The number of aromatic nitrogens is 4. The summed E-state index contributed by atoms with van der Waals surface area (Å²) >= 11 is 0. The number of benzene rings is 5. The highest BCUT2D eigenvalue weighted by molar-refractivity contribution is 6.21. The van der Waals surface area contributed by atoms with Crippen LogP contribution in [0.5, 0.6) is 0 Å². The highest BCUT2D eigenvalue weighted by Gasteiger charge is 2.50. The summed E-state index contributed by atoms with van der Waals surface area (Å²) in [6.07, 6.45) is 7.59. The van der Waals surface area contributed by atoms with Crippen LogP contribution in [0.15, 0.2) is 170 Å². The van der Waals surface area contributed by atoms with E-state index in [4.69, 9.17) is 15.0 Å². The molecule has 0 fully saturated rings. The molecular formula is C48H33N5. The molecule has 0 saturated carbocycles. The number of rotatable bonds is 5. The number of fused-ring (bicyclic) bond motifs is 8. The molecule has 5 heteroatoms. The third kappa shape index (κ3) is 4.40. The Morgan fingerprint density at radius 3 is 1.77 bits per heavy atom. The number of hydrogen-bond donors (Lipinski definition) is 0. The van der Waals surface area contributed by atoms with Crippen LogP contribution in [0, 0.1) is 0 Å².